The van der Waals surface area contributed by atoms with E-state index in [0.717, 1.165) is 25.7 Å². The van der Waals surface area contributed by atoms with Crippen molar-refractivity contribution >= 4 is 17.5 Å². The van der Waals surface area contributed by atoms with Gasteiger partial charge in [0.25, 0.3) is 0 Å². The summed E-state index contributed by atoms with van der Waals surface area (Å²) in [7, 11) is 0. The molecule has 0 aromatic heterocycles. The van der Waals surface area contributed by atoms with E-state index in [1.54, 1.807) is 13.0 Å². The van der Waals surface area contributed by atoms with Gasteiger partial charge in [0.1, 0.15) is 5.82 Å². The second kappa shape index (κ2) is 6.50. The number of rotatable bonds is 2. The summed E-state index contributed by atoms with van der Waals surface area (Å²) in [5.74, 6) is -1.84. The Kier molecular flexibility index (Phi) is 4.71. The fourth-order valence-corrected chi connectivity index (χ4v) is 2.41. The van der Waals surface area contributed by atoms with E-state index in [4.69, 9.17) is 0 Å². The van der Waals surface area contributed by atoms with Gasteiger partial charge < -0.3 is 10.6 Å². The highest BCUT2D eigenvalue weighted by Crippen LogP contribution is 2.18. The molecule has 0 radical (unpaired) electrons. The molecule has 0 bridgehead atoms. The third kappa shape index (κ3) is 3.79. The van der Waals surface area contributed by atoms with Gasteiger partial charge >= 0.3 is 11.8 Å². The van der Waals surface area contributed by atoms with Crippen LogP contribution in [0.4, 0.5) is 10.1 Å². The molecule has 0 unspecified atom stereocenters. The van der Waals surface area contributed by atoms with Crippen molar-refractivity contribution in [3.05, 3.63) is 29.6 Å². The molecular formula is C15H19FN2O2. The lowest BCUT2D eigenvalue weighted by molar-refractivity contribution is -0.136. The van der Waals surface area contributed by atoms with Crippen LogP contribution < -0.4 is 10.6 Å². The van der Waals surface area contributed by atoms with Crippen molar-refractivity contribution in [1.82, 2.24) is 5.32 Å². The molecule has 0 heterocycles. The SMILES string of the molecule is Cc1ccc(F)cc1NC(=O)C(=O)NC1CCCCC1. The average Bonchev–Trinajstić information content (AvgIpc) is 2.44. The Hall–Kier alpha value is -1.91. The quantitative estimate of drug-likeness (QED) is 0.817. The molecule has 20 heavy (non-hydrogen) atoms. The van der Waals surface area contributed by atoms with Crippen molar-refractivity contribution in [3.63, 3.8) is 0 Å². The topological polar surface area (TPSA) is 58.2 Å². The fourth-order valence-electron chi connectivity index (χ4n) is 2.41. The number of benzene rings is 1. The van der Waals surface area contributed by atoms with Crippen LogP contribution in [0.3, 0.4) is 0 Å². The lowest BCUT2D eigenvalue weighted by atomic mass is 9.95. The zero-order valence-electron chi connectivity index (χ0n) is 11.5. The number of halogens is 1. The van der Waals surface area contributed by atoms with Crippen molar-refractivity contribution in [2.24, 2.45) is 0 Å². The van der Waals surface area contributed by atoms with Crippen LogP contribution in [0.25, 0.3) is 0 Å². The van der Waals surface area contributed by atoms with Crippen molar-refractivity contribution < 1.29 is 14.0 Å². The van der Waals surface area contributed by atoms with Gasteiger partial charge in [0, 0.05) is 11.7 Å². The monoisotopic (exact) mass is 278 g/mol. The van der Waals surface area contributed by atoms with Crippen molar-refractivity contribution in [2.45, 2.75) is 45.1 Å². The predicted octanol–water partition coefficient (Wildman–Crippen LogP) is 2.52. The number of aryl methyl sites for hydroxylation is 1. The van der Waals surface area contributed by atoms with E-state index in [2.05, 4.69) is 10.6 Å². The van der Waals surface area contributed by atoms with Crippen molar-refractivity contribution in [2.75, 3.05) is 5.32 Å². The highest BCUT2D eigenvalue weighted by atomic mass is 19.1. The largest absolute Gasteiger partial charge is 0.345 e. The van der Waals surface area contributed by atoms with Crippen LogP contribution in [0.1, 0.15) is 37.7 Å². The zero-order chi connectivity index (χ0) is 14.5. The summed E-state index contributed by atoms with van der Waals surface area (Å²) in [6, 6.07) is 4.16. The van der Waals surface area contributed by atoms with Gasteiger partial charge in [0.15, 0.2) is 0 Å². The summed E-state index contributed by atoms with van der Waals surface area (Å²) >= 11 is 0. The van der Waals surface area contributed by atoms with Gasteiger partial charge in [-0.05, 0) is 37.5 Å². The van der Waals surface area contributed by atoms with Gasteiger partial charge in [-0.25, -0.2) is 4.39 Å². The molecule has 0 atom stereocenters. The normalized spacial score (nSPS) is 15.7. The molecule has 108 valence electrons. The van der Waals surface area contributed by atoms with Crippen LogP contribution in [0.15, 0.2) is 18.2 Å². The Morgan fingerprint density at radius 2 is 1.85 bits per heavy atom. The van der Waals surface area contributed by atoms with Gasteiger partial charge in [0.2, 0.25) is 0 Å². The maximum absolute atomic E-state index is 13.1. The van der Waals surface area contributed by atoms with Crippen molar-refractivity contribution in [1.29, 1.82) is 0 Å². The molecule has 0 saturated heterocycles. The fraction of sp³-hybridized carbons (Fsp3) is 0.467. The number of hydrogen-bond acceptors (Lipinski definition) is 2. The Bertz CT molecular complexity index is 511. The molecule has 2 amide bonds. The zero-order valence-corrected chi connectivity index (χ0v) is 11.5. The highest BCUT2D eigenvalue weighted by molar-refractivity contribution is 6.39. The minimum Gasteiger partial charge on any atom is -0.345 e. The molecule has 2 rings (SSSR count). The second-order valence-corrected chi connectivity index (χ2v) is 5.22. The number of amides is 2. The molecule has 5 heteroatoms. The van der Waals surface area contributed by atoms with Crippen molar-refractivity contribution in [3.8, 4) is 0 Å². The summed E-state index contributed by atoms with van der Waals surface area (Å²) < 4.78 is 13.1. The minimum atomic E-state index is -0.746. The van der Waals surface area contributed by atoms with Gasteiger partial charge in [-0.2, -0.15) is 0 Å². The maximum Gasteiger partial charge on any atom is 0.313 e. The van der Waals surface area contributed by atoms with E-state index >= 15 is 0 Å². The van der Waals surface area contributed by atoms with E-state index in [1.165, 1.54) is 18.6 Å². The second-order valence-electron chi connectivity index (χ2n) is 5.22. The Morgan fingerprint density at radius 1 is 1.15 bits per heavy atom. The highest BCUT2D eigenvalue weighted by Gasteiger charge is 2.20. The van der Waals surface area contributed by atoms with Crippen LogP contribution in [-0.4, -0.2) is 17.9 Å². The molecule has 1 aliphatic carbocycles. The Balaban J connectivity index is 1.93. The summed E-state index contributed by atoms with van der Waals surface area (Å²) in [5.41, 5.74) is 1.04. The van der Waals surface area contributed by atoms with Crippen LogP contribution >= 0.6 is 0 Å². The van der Waals surface area contributed by atoms with E-state index < -0.39 is 17.6 Å². The number of nitrogens with one attached hydrogen (secondary N) is 2. The molecular weight excluding hydrogens is 259 g/mol. The molecule has 0 spiro atoms. The van der Waals surface area contributed by atoms with E-state index in [9.17, 15) is 14.0 Å². The van der Waals surface area contributed by atoms with Gasteiger partial charge in [0.05, 0.1) is 0 Å². The third-order valence-corrected chi connectivity index (χ3v) is 3.59. The van der Waals surface area contributed by atoms with Crippen LogP contribution in [0.2, 0.25) is 0 Å². The summed E-state index contributed by atoms with van der Waals surface area (Å²) in [6.45, 7) is 1.74. The smallest absolute Gasteiger partial charge is 0.313 e. The lowest BCUT2D eigenvalue weighted by Gasteiger charge is -2.22. The molecule has 1 aromatic carbocycles. The first-order chi connectivity index (χ1) is 9.56. The average molecular weight is 278 g/mol. The van der Waals surface area contributed by atoms with E-state index in [0.29, 0.717) is 11.3 Å². The Labute approximate surface area is 117 Å². The first kappa shape index (κ1) is 14.5. The van der Waals surface area contributed by atoms with Gasteiger partial charge in [-0.3, -0.25) is 9.59 Å². The third-order valence-electron chi connectivity index (χ3n) is 3.59. The van der Waals surface area contributed by atoms with E-state index in [-0.39, 0.29) is 6.04 Å². The standard InChI is InChI=1S/C15H19FN2O2/c1-10-7-8-11(16)9-13(10)18-15(20)14(19)17-12-5-3-2-4-6-12/h7-9,12H,2-6H2,1H3,(H,17,19)(H,18,20). The van der Waals surface area contributed by atoms with Crippen LogP contribution in [-0.2, 0) is 9.59 Å². The van der Waals surface area contributed by atoms with E-state index in [1.807, 2.05) is 0 Å². The van der Waals surface area contributed by atoms with Gasteiger partial charge in [-0.1, -0.05) is 25.3 Å². The number of hydrogen-bond donors (Lipinski definition) is 2. The predicted molar refractivity (Wildman–Crippen MR) is 74.8 cm³/mol. The number of carbonyl (C=O) groups is 2. The summed E-state index contributed by atoms with van der Waals surface area (Å²) in [6.07, 6.45) is 5.17. The molecule has 1 fully saturated rings. The molecule has 4 nitrogen and oxygen atoms in total. The van der Waals surface area contributed by atoms with Gasteiger partial charge in [-0.15, -0.1) is 0 Å². The van der Waals surface area contributed by atoms with Crippen LogP contribution in [0, 0.1) is 12.7 Å². The molecule has 1 aliphatic rings. The van der Waals surface area contributed by atoms with Crippen LogP contribution in [0.5, 0.6) is 0 Å². The molecule has 2 N–H and O–H groups in total. The minimum absolute atomic E-state index is 0.0793. The summed E-state index contributed by atoms with van der Waals surface area (Å²) in [5, 5.41) is 5.18. The maximum atomic E-state index is 13.1. The molecule has 1 aromatic rings. The molecule has 1 saturated carbocycles. The first-order valence-electron chi connectivity index (χ1n) is 6.94. The number of anilines is 1. The number of carbonyl (C=O) groups excluding carboxylic acids is 2. The Morgan fingerprint density at radius 3 is 2.55 bits per heavy atom. The first-order valence-corrected chi connectivity index (χ1v) is 6.94. The molecule has 0 aliphatic heterocycles. The lowest BCUT2D eigenvalue weighted by Crippen LogP contribution is -2.42. The summed E-state index contributed by atoms with van der Waals surface area (Å²) in [4.78, 5) is 23.6.